The van der Waals surface area contributed by atoms with Gasteiger partial charge in [0, 0.05) is 12.0 Å². The number of carbonyl (C=O) groups excluding carboxylic acids is 1. The van der Waals surface area contributed by atoms with Gasteiger partial charge in [-0.25, -0.2) is 16.2 Å². The van der Waals surface area contributed by atoms with Gasteiger partial charge < -0.3 is 20.5 Å². The zero-order chi connectivity index (χ0) is 25.8. The molecule has 3 heterocycles. The van der Waals surface area contributed by atoms with Gasteiger partial charge in [0.1, 0.15) is 30.7 Å². The monoisotopic (exact) mass is 490 g/mol. The number of piperidine rings is 1. The average molecular weight is 490 g/mol. The quantitative estimate of drug-likeness (QED) is 0.0918. The van der Waals surface area contributed by atoms with E-state index in [1.54, 1.807) is 0 Å². The third-order valence-electron chi connectivity index (χ3n) is 9.35. The van der Waals surface area contributed by atoms with E-state index in [-0.39, 0.29) is 17.4 Å². The van der Waals surface area contributed by atoms with Gasteiger partial charge >= 0.3 is 5.97 Å². The van der Waals surface area contributed by atoms with Crippen LogP contribution >= 0.6 is 0 Å². The molecule has 1 aromatic carbocycles. The van der Waals surface area contributed by atoms with E-state index >= 15 is 0 Å². The first-order valence-corrected chi connectivity index (χ1v) is 13.3. The zero-order valence-electron chi connectivity index (χ0n) is 21.9. The molecule has 5 rings (SSSR count). The van der Waals surface area contributed by atoms with E-state index in [9.17, 15) is 4.79 Å². The van der Waals surface area contributed by atoms with Gasteiger partial charge in [-0.1, -0.05) is 18.2 Å². The summed E-state index contributed by atoms with van der Waals surface area (Å²) < 4.78 is 12.3. The Hall–Kier alpha value is -2.19. The van der Waals surface area contributed by atoms with E-state index in [2.05, 4.69) is 30.2 Å². The van der Waals surface area contributed by atoms with Gasteiger partial charge in [-0.2, -0.15) is 5.10 Å². The van der Waals surface area contributed by atoms with Crippen molar-refractivity contribution in [3.8, 4) is 11.5 Å². The maximum absolute atomic E-state index is 13.5. The van der Waals surface area contributed by atoms with Crippen LogP contribution in [0.3, 0.4) is 0 Å². The number of hydrazine groups is 1. The molecule has 10 heteroatoms. The molecule has 1 saturated carbocycles. The minimum atomic E-state index is -0.603. The molecule has 3 fully saturated rings. The van der Waals surface area contributed by atoms with Crippen LogP contribution in [0.2, 0.25) is 5.31 Å². The highest BCUT2D eigenvalue weighted by atomic mass is 16.5. The second-order valence-electron chi connectivity index (χ2n) is 11.5. The fourth-order valence-electron chi connectivity index (χ4n) is 7.05. The lowest BCUT2D eigenvalue weighted by Gasteiger charge is -2.47. The first kappa shape index (κ1) is 25.5. The molecule has 3 aliphatic heterocycles. The summed E-state index contributed by atoms with van der Waals surface area (Å²) in [5.74, 6) is 7.99. The number of carbonyl (C=O) groups is 1. The third kappa shape index (κ3) is 4.20. The van der Waals surface area contributed by atoms with E-state index in [1.807, 2.05) is 20.8 Å². The average Bonchev–Trinajstić information content (AvgIpc) is 3.47. The number of rotatable bonds is 6. The fourth-order valence-corrected chi connectivity index (χ4v) is 7.05. The van der Waals surface area contributed by atoms with Crippen LogP contribution in [0.25, 0.3) is 0 Å². The molecule has 6 unspecified atom stereocenters. The molecule has 1 spiro atoms. The second-order valence-corrected chi connectivity index (χ2v) is 11.5. The zero-order valence-corrected chi connectivity index (χ0v) is 21.9. The largest absolute Gasteiger partial charge is 0.490 e. The molecule has 3 radical (unpaired) electrons. The van der Waals surface area contributed by atoms with Crippen molar-refractivity contribution in [3.63, 3.8) is 0 Å². The predicted octanol–water partition coefficient (Wildman–Crippen LogP) is 2.22. The number of esters is 1. The molecule has 0 bridgehead atoms. The highest BCUT2D eigenvalue weighted by Gasteiger charge is 2.71. The lowest BCUT2D eigenvalue weighted by atomic mass is 9.60. The van der Waals surface area contributed by atoms with Crippen molar-refractivity contribution < 1.29 is 14.3 Å². The molecule has 191 valence electrons. The summed E-state index contributed by atoms with van der Waals surface area (Å²) in [4.78, 5) is 13.5. The highest BCUT2D eigenvalue weighted by Crippen LogP contribution is 2.69. The Balaban J connectivity index is 1.30. The van der Waals surface area contributed by atoms with Gasteiger partial charge in [-0.15, -0.1) is 0 Å². The number of hydrazone groups is 1. The minimum absolute atomic E-state index is 0.0268. The smallest absolute Gasteiger partial charge is 0.328 e. The highest BCUT2D eigenvalue weighted by molar-refractivity contribution is 6.72. The van der Waals surface area contributed by atoms with Gasteiger partial charge in [0.25, 0.3) is 0 Å². The van der Waals surface area contributed by atoms with Crippen molar-refractivity contribution in [1.82, 2.24) is 10.9 Å². The number of benzene rings is 1. The van der Waals surface area contributed by atoms with E-state index in [1.165, 1.54) is 0 Å². The van der Waals surface area contributed by atoms with Gasteiger partial charge in [0.05, 0.1) is 14.0 Å². The van der Waals surface area contributed by atoms with E-state index in [4.69, 9.17) is 28.9 Å². The Morgan fingerprint density at radius 1 is 1.28 bits per heavy atom. The van der Waals surface area contributed by atoms with Crippen molar-refractivity contribution in [1.29, 1.82) is 0 Å². The number of nitrogens with zero attached hydrogens (tertiary/aromatic N) is 1. The Kier molecular flexibility index (Phi) is 6.56. The number of fused-ring (bicyclic) bond motifs is 1. The topological polar surface area (TPSA) is 124 Å². The van der Waals surface area contributed by atoms with Gasteiger partial charge in [-0.3, -0.25) is 0 Å². The van der Waals surface area contributed by atoms with Crippen molar-refractivity contribution >= 4 is 26.9 Å². The van der Waals surface area contributed by atoms with E-state index < -0.39 is 11.4 Å². The van der Waals surface area contributed by atoms with Crippen molar-refractivity contribution in [2.45, 2.75) is 102 Å². The molecule has 1 aliphatic carbocycles. The third-order valence-corrected chi connectivity index (χ3v) is 9.35. The van der Waals surface area contributed by atoms with Crippen LogP contribution in [0.4, 0.5) is 0 Å². The summed E-state index contributed by atoms with van der Waals surface area (Å²) in [6, 6.07) is -0.440. The van der Waals surface area contributed by atoms with Crippen molar-refractivity contribution in [3.05, 3.63) is 22.3 Å². The number of hydrogen-bond acceptors (Lipinski definition) is 7. The summed E-state index contributed by atoms with van der Waals surface area (Å²) in [6.07, 6.45) is 7.62. The molecule has 2 saturated heterocycles. The number of hydrogen-bond donors (Lipinski definition) is 4. The van der Waals surface area contributed by atoms with Gasteiger partial charge in [0.15, 0.2) is 0 Å². The molecule has 1 aromatic rings. The minimum Gasteiger partial charge on any atom is -0.490 e. The number of ether oxygens (including phenoxy) is 2. The van der Waals surface area contributed by atoms with Crippen LogP contribution in [0.15, 0.2) is 5.10 Å². The maximum Gasteiger partial charge on any atom is 0.328 e. The molecule has 0 amide bonds. The molecule has 8 nitrogen and oxygen atoms in total. The first-order valence-electron chi connectivity index (χ1n) is 13.3. The van der Waals surface area contributed by atoms with Crippen LogP contribution in [0.5, 0.6) is 11.5 Å². The summed E-state index contributed by atoms with van der Waals surface area (Å²) in [7, 11) is 8.98. The number of nitrogens with two attached hydrogens (primary N) is 2. The summed E-state index contributed by atoms with van der Waals surface area (Å²) in [6.45, 7) is 8.19. The lowest BCUT2D eigenvalue weighted by Crippen LogP contribution is -2.55. The van der Waals surface area contributed by atoms with Gasteiger partial charge in [0.2, 0.25) is 0 Å². The SMILES string of the molecule is [B]C12[B]C13CCC(CC/C(N)=N/NN)CC3CC(C(=O)Oc1c(C)c(C)c3c(c1C)CCC(C)O3)N2. The van der Waals surface area contributed by atoms with Crippen molar-refractivity contribution in [2.24, 2.45) is 28.5 Å². The predicted molar refractivity (Wildman–Crippen MR) is 142 cm³/mol. The van der Waals surface area contributed by atoms with Crippen molar-refractivity contribution in [2.75, 3.05) is 0 Å². The van der Waals surface area contributed by atoms with Crippen LogP contribution in [0.1, 0.15) is 74.1 Å². The molecule has 0 aromatic heterocycles. The first-order chi connectivity index (χ1) is 17.1. The molecule has 6 atom stereocenters. The van der Waals surface area contributed by atoms with E-state index in [0.717, 1.165) is 72.9 Å². The van der Waals surface area contributed by atoms with E-state index in [0.29, 0.717) is 29.8 Å². The Morgan fingerprint density at radius 3 is 2.81 bits per heavy atom. The fraction of sp³-hybridized carbons (Fsp3) is 0.692. The number of amidine groups is 1. The normalized spacial score (nSPS) is 34.9. The Bertz CT molecular complexity index is 1100. The van der Waals surface area contributed by atoms with Crippen LogP contribution in [-0.2, 0) is 11.2 Å². The lowest BCUT2D eigenvalue weighted by molar-refractivity contribution is -0.138. The number of nitrogens with one attached hydrogen (secondary N) is 2. The molecular formula is C26H38B2N5O3. The van der Waals surface area contributed by atoms with Crippen LogP contribution < -0.4 is 31.9 Å². The molecule has 4 aliphatic rings. The van der Waals surface area contributed by atoms with Gasteiger partial charge in [-0.05, 0) is 93.7 Å². The molecule has 36 heavy (non-hydrogen) atoms. The standard InChI is InChI=1S/C26H38B2N5O3/c1-13-5-7-19-16(4)22(14(2)15(3)23(19)35-13)36-24(34)20-12-18-11-17(6-8-21(29)32-33-30)9-10-25(18)26(27,28-25)31-20/h13,17-18,20,31,33H,5-12,30H2,1-4H3,(H2,29,32). The van der Waals surface area contributed by atoms with Crippen LogP contribution in [0, 0.1) is 32.6 Å². The molecule has 6 N–H and O–H groups in total. The summed E-state index contributed by atoms with van der Waals surface area (Å²) in [5.41, 5.74) is 12.3. The Morgan fingerprint density at radius 2 is 2.06 bits per heavy atom. The molecular weight excluding hydrogens is 452 g/mol. The maximum atomic E-state index is 13.5. The second kappa shape index (κ2) is 9.28. The summed E-state index contributed by atoms with van der Waals surface area (Å²) in [5, 5.41) is 6.68. The Labute approximate surface area is 216 Å². The van der Waals surface area contributed by atoms with Crippen LogP contribution in [-0.4, -0.2) is 44.4 Å². The summed E-state index contributed by atoms with van der Waals surface area (Å²) >= 11 is 0.